The summed E-state index contributed by atoms with van der Waals surface area (Å²) < 4.78 is 13.3. The summed E-state index contributed by atoms with van der Waals surface area (Å²) >= 11 is 0. The van der Waals surface area contributed by atoms with Gasteiger partial charge in [0, 0.05) is 17.8 Å². The van der Waals surface area contributed by atoms with Gasteiger partial charge in [0.05, 0.1) is 18.2 Å². The van der Waals surface area contributed by atoms with Crippen molar-refractivity contribution in [3.8, 4) is 0 Å². The maximum absolute atomic E-state index is 13.3. The SMILES string of the molecule is CCN1CCC[C@H]1CN=CC1C(=O)N(c2ccc(F)cc2)C(=O)c2ccccc21. The van der Waals surface area contributed by atoms with Crippen LogP contribution in [0, 0.1) is 5.82 Å². The number of carbonyl (C=O) groups excluding carboxylic acids is 2. The van der Waals surface area contributed by atoms with E-state index in [0.29, 0.717) is 29.4 Å². The molecular formula is C23H24FN3O2. The number of amides is 2. The highest BCUT2D eigenvalue weighted by Crippen LogP contribution is 2.32. The van der Waals surface area contributed by atoms with Gasteiger partial charge in [0.15, 0.2) is 0 Å². The summed E-state index contributed by atoms with van der Waals surface area (Å²) in [6, 6.07) is 12.9. The van der Waals surface area contributed by atoms with Crippen LogP contribution in [0.2, 0.25) is 0 Å². The fraction of sp³-hybridized carbons (Fsp3) is 0.348. The molecule has 0 saturated carbocycles. The molecule has 1 fully saturated rings. The second-order valence-corrected chi connectivity index (χ2v) is 7.46. The number of imide groups is 1. The minimum Gasteiger partial charge on any atom is -0.299 e. The Morgan fingerprint density at radius 1 is 1.14 bits per heavy atom. The van der Waals surface area contributed by atoms with Crippen molar-refractivity contribution in [1.29, 1.82) is 0 Å². The average Bonchev–Trinajstić information content (AvgIpc) is 3.19. The molecule has 0 aliphatic carbocycles. The molecule has 5 nitrogen and oxygen atoms in total. The Morgan fingerprint density at radius 3 is 2.66 bits per heavy atom. The van der Waals surface area contributed by atoms with Gasteiger partial charge >= 0.3 is 0 Å². The van der Waals surface area contributed by atoms with Gasteiger partial charge in [-0.1, -0.05) is 25.1 Å². The van der Waals surface area contributed by atoms with Crippen LogP contribution in [0.1, 0.15) is 41.6 Å². The van der Waals surface area contributed by atoms with Crippen LogP contribution in [0.4, 0.5) is 10.1 Å². The number of hydrogen-bond acceptors (Lipinski definition) is 4. The summed E-state index contributed by atoms with van der Waals surface area (Å²) in [7, 11) is 0. The number of likely N-dealkylation sites (tertiary alicyclic amines) is 1. The summed E-state index contributed by atoms with van der Waals surface area (Å²) in [5.74, 6) is -1.80. The Morgan fingerprint density at radius 2 is 1.90 bits per heavy atom. The summed E-state index contributed by atoms with van der Waals surface area (Å²) in [6.45, 7) is 4.88. The molecule has 0 spiro atoms. The predicted octanol–water partition coefficient (Wildman–Crippen LogP) is 3.65. The molecule has 1 unspecified atom stereocenters. The molecular weight excluding hydrogens is 369 g/mol. The topological polar surface area (TPSA) is 53.0 Å². The Bertz CT molecular complexity index is 941. The summed E-state index contributed by atoms with van der Waals surface area (Å²) in [5, 5.41) is 0. The number of anilines is 1. The molecule has 29 heavy (non-hydrogen) atoms. The zero-order valence-corrected chi connectivity index (χ0v) is 16.4. The van der Waals surface area contributed by atoms with E-state index in [2.05, 4.69) is 16.8 Å². The number of nitrogens with zero attached hydrogens (tertiary/aromatic N) is 3. The lowest BCUT2D eigenvalue weighted by Crippen LogP contribution is -2.45. The van der Waals surface area contributed by atoms with Crippen LogP contribution in [0.25, 0.3) is 0 Å². The van der Waals surface area contributed by atoms with Crippen LogP contribution in [0.5, 0.6) is 0 Å². The average molecular weight is 393 g/mol. The van der Waals surface area contributed by atoms with Crippen molar-refractivity contribution in [1.82, 2.24) is 4.90 Å². The number of likely N-dealkylation sites (N-methyl/N-ethyl adjacent to an activating group) is 1. The van der Waals surface area contributed by atoms with Crippen molar-refractivity contribution in [2.75, 3.05) is 24.5 Å². The van der Waals surface area contributed by atoms with E-state index in [1.54, 1.807) is 24.4 Å². The van der Waals surface area contributed by atoms with Crippen molar-refractivity contribution in [2.45, 2.75) is 31.7 Å². The summed E-state index contributed by atoms with van der Waals surface area (Å²) in [4.78, 5) is 34.4. The van der Waals surface area contributed by atoms with E-state index < -0.39 is 17.6 Å². The van der Waals surface area contributed by atoms with Gasteiger partial charge < -0.3 is 0 Å². The zero-order valence-electron chi connectivity index (χ0n) is 16.4. The highest BCUT2D eigenvalue weighted by Gasteiger charge is 2.38. The number of rotatable bonds is 5. The lowest BCUT2D eigenvalue weighted by molar-refractivity contribution is -0.118. The van der Waals surface area contributed by atoms with E-state index in [1.165, 1.54) is 30.7 Å². The normalized spacial score (nSPS) is 22.5. The Balaban J connectivity index is 1.64. The van der Waals surface area contributed by atoms with E-state index in [0.717, 1.165) is 24.4 Å². The number of fused-ring (bicyclic) bond motifs is 1. The van der Waals surface area contributed by atoms with Crippen LogP contribution in [-0.4, -0.2) is 48.6 Å². The van der Waals surface area contributed by atoms with Gasteiger partial charge in [-0.2, -0.15) is 0 Å². The van der Waals surface area contributed by atoms with Crippen LogP contribution >= 0.6 is 0 Å². The zero-order chi connectivity index (χ0) is 20.4. The van der Waals surface area contributed by atoms with E-state index in [-0.39, 0.29) is 5.91 Å². The molecule has 2 aromatic carbocycles. The fourth-order valence-corrected chi connectivity index (χ4v) is 4.24. The number of aliphatic imine (C=N–C) groups is 1. The van der Waals surface area contributed by atoms with Gasteiger partial charge in [-0.15, -0.1) is 0 Å². The maximum atomic E-state index is 13.3. The maximum Gasteiger partial charge on any atom is 0.265 e. The first-order chi connectivity index (χ1) is 14.1. The van der Waals surface area contributed by atoms with Crippen molar-refractivity contribution >= 4 is 23.7 Å². The molecule has 0 aromatic heterocycles. The van der Waals surface area contributed by atoms with Crippen molar-refractivity contribution in [3.05, 3.63) is 65.5 Å². The lowest BCUT2D eigenvalue weighted by Gasteiger charge is -2.31. The molecule has 0 bridgehead atoms. The number of hydrogen-bond donors (Lipinski definition) is 0. The monoisotopic (exact) mass is 393 g/mol. The van der Waals surface area contributed by atoms with Crippen LogP contribution in [-0.2, 0) is 4.79 Å². The van der Waals surface area contributed by atoms with Gasteiger partial charge in [-0.3, -0.25) is 19.5 Å². The first kappa shape index (κ1) is 19.5. The first-order valence-electron chi connectivity index (χ1n) is 10.1. The molecule has 4 rings (SSSR count). The second kappa shape index (κ2) is 8.25. The first-order valence-corrected chi connectivity index (χ1v) is 10.1. The minimum atomic E-state index is -0.634. The smallest absolute Gasteiger partial charge is 0.265 e. The molecule has 2 heterocycles. The van der Waals surface area contributed by atoms with Crippen LogP contribution in [0.15, 0.2) is 53.5 Å². The number of benzene rings is 2. The van der Waals surface area contributed by atoms with Gasteiger partial charge in [0.1, 0.15) is 5.82 Å². The fourth-order valence-electron chi connectivity index (χ4n) is 4.24. The summed E-state index contributed by atoms with van der Waals surface area (Å²) in [5.41, 5.74) is 1.51. The van der Waals surface area contributed by atoms with E-state index in [4.69, 9.17) is 0 Å². The molecule has 0 radical (unpaired) electrons. The molecule has 6 heteroatoms. The highest BCUT2D eigenvalue weighted by atomic mass is 19.1. The largest absolute Gasteiger partial charge is 0.299 e. The van der Waals surface area contributed by atoms with E-state index in [1.807, 2.05) is 6.07 Å². The van der Waals surface area contributed by atoms with Gasteiger partial charge in [-0.25, -0.2) is 9.29 Å². The Labute approximate surface area is 169 Å². The molecule has 150 valence electrons. The number of halogens is 1. The molecule has 2 aliphatic heterocycles. The third-order valence-electron chi connectivity index (χ3n) is 5.78. The molecule has 2 aromatic rings. The standard InChI is InChI=1S/C23H24FN3O2/c1-2-26-13-5-6-18(26)14-25-15-21-19-7-3-4-8-20(19)22(28)27(23(21)29)17-11-9-16(24)10-12-17/h3-4,7-12,15,18,21H,2,5-6,13-14H2,1H3/t18-,21?/m0/s1. The van der Waals surface area contributed by atoms with E-state index in [9.17, 15) is 14.0 Å². The second-order valence-electron chi connectivity index (χ2n) is 7.46. The molecule has 2 atom stereocenters. The molecule has 1 saturated heterocycles. The molecule has 0 N–H and O–H groups in total. The van der Waals surface area contributed by atoms with Gasteiger partial charge in [0.2, 0.25) is 5.91 Å². The van der Waals surface area contributed by atoms with Crippen LogP contribution in [0.3, 0.4) is 0 Å². The van der Waals surface area contributed by atoms with Crippen LogP contribution < -0.4 is 4.90 Å². The highest BCUT2D eigenvalue weighted by molar-refractivity contribution is 6.29. The minimum absolute atomic E-state index is 0.358. The third kappa shape index (κ3) is 3.72. The quantitative estimate of drug-likeness (QED) is 0.576. The number of carbonyl (C=O) groups is 2. The van der Waals surface area contributed by atoms with Crippen molar-refractivity contribution in [2.24, 2.45) is 4.99 Å². The molecule has 2 aliphatic rings. The van der Waals surface area contributed by atoms with Gasteiger partial charge in [-0.05, 0) is 61.8 Å². The van der Waals surface area contributed by atoms with E-state index >= 15 is 0 Å². The Kier molecular flexibility index (Phi) is 5.53. The van der Waals surface area contributed by atoms with Gasteiger partial charge in [0.25, 0.3) is 5.91 Å². The predicted molar refractivity (Wildman–Crippen MR) is 111 cm³/mol. The van der Waals surface area contributed by atoms with Crippen molar-refractivity contribution < 1.29 is 14.0 Å². The molecule has 2 amide bonds. The summed E-state index contributed by atoms with van der Waals surface area (Å²) in [6.07, 6.45) is 3.96. The third-order valence-corrected chi connectivity index (χ3v) is 5.78. The Hall–Kier alpha value is -2.86. The lowest BCUT2D eigenvalue weighted by atomic mass is 9.89. The van der Waals surface area contributed by atoms with Crippen molar-refractivity contribution in [3.63, 3.8) is 0 Å².